The smallest absolute Gasteiger partial charge is 0.327 e. The maximum absolute atomic E-state index is 13.7. The van der Waals surface area contributed by atoms with E-state index >= 15 is 0 Å². The van der Waals surface area contributed by atoms with Gasteiger partial charge in [0.15, 0.2) is 0 Å². The second kappa shape index (κ2) is 11.2. The van der Waals surface area contributed by atoms with Crippen LogP contribution in [0.25, 0.3) is 6.08 Å². The lowest BCUT2D eigenvalue weighted by molar-refractivity contribution is -0.136. The van der Waals surface area contributed by atoms with Crippen LogP contribution in [-0.4, -0.2) is 72.1 Å². The molecule has 0 N–H and O–H groups in total. The first-order valence-corrected chi connectivity index (χ1v) is 12.2. The van der Waals surface area contributed by atoms with E-state index in [9.17, 15) is 9.59 Å². The van der Waals surface area contributed by atoms with Crippen molar-refractivity contribution in [3.63, 3.8) is 0 Å². The van der Waals surface area contributed by atoms with Crippen molar-refractivity contribution < 1.29 is 14.3 Å². The third-order valence-electron chi connectivity index (χ3n) is 6.72. The van der Waals surface area contributed by atoms with Gasteiger partial charge in [-0.25, -0.2) is 4.79 Å². The monoisotopic (exact) mass is 481 g/mol. The molecule has 2 aromatic carbocycles. The van der Waals surface area contributed by atoms with Crippen LogP contribution in [0.4, 0.5) is 4.79 Å². The molecule has 3 amide bonds. The van der Waals surface area contributed by atoms with Crippen LogP contribution in [0.1, 0.15) is 30.4 Å². The van der Waals surface area contributed by atoms with Crippen LogP contribution in [0.3, 0.4) is 0 Å². The summed E-state index contributed by atoms with van der Waals surface area (Å²) in [5.41, 5.74) is 1.23. The Bertz CT molecular complexity index is 1000. The SMILES string of the molecule is COCCCN1C(=O)N(Cc2ccccc2)C(=O)C12CCN(C/C(Cl)=C/c1ccccc1)CC2. The number of hydrogen-bond acceptors (Lipinski definition) is 4. The number of benzene rings is 2. The number of urea groups is 1. The lowest BCUT2D eigenvalue weighted by Crippen LogP contribution is -2.56. The minimum absolute atomic E-state index is 0.0793. The van der Waals surface area contributed by atoms with Gasteiger partial charge in [0.1, 0.15) is 5.54 Å². The number of halogens is 1. The maximum atomic E-state index is 13.7. The highest BCUT2D eigenvalue weighted by molar-refractivity contribution is 6.31. The van der Waals surface area contributed by atoms with Gasteiger partial charge in [-0.2, -0.15) is 0 Å². The number of hydrogen-bond donors (Lipinski definition) is 0. The molecule has 0 unspecified atom stereocenters. The summed E-state index contributed by atoms with van der Waals surface area (Å²) < 4.78 is 5.21. The summed E-state index contributed by atoms with van der Waals surface area (Å²) >= 11 is 6.54. The molecule has 4 rings (SSSR count). The Morgan fingerprint density at radius 1 is 1.03 bits per heavy atom. The molecule has 2 aliphatic heterocycles. The molecular weight excluding hydrogens is 450 g/mol. The van der Waals surface area contributed by atoms with Gasteiger partial charge in [0.05, 0.1) is 6.54 Å². The number of nitrogens with zero attached hydrogens (tertiary/aromatic N) is 3. The van der Waals surface area contributed by atoms with E-state index in [1.54, 1.807) is 12.0 Å². The number of rotatable bonds is 9. The van der Waals surface area contributed by atoms with Crippen molar-refractivity contribution in [2.75, 3.05) is 39.9 Å². The molecule has 2 fully saturated rings. The first-order valence-electron chi connectivity index (χ1n) is 11.8. The first kappa shape index (κ1) is 24.5. The Balaban J connectivity index is 1.47. The molecule has 2 saturated heterocycles. The Morgan fingerprint density at radius 2 is 1.68 bits per heavy atom. The van der Waals surface area contributed by atoms with E-state index in [4.69, 9.17) is 16.3 Å². The van der Waals surface area contributed by atoms with Crippen LogP contribution in [0, 0.1) is 0 Å². The second-order valence-corrected chi connectivity index (χ2v) is 9.45. The highest BCUT2D eigenvalue weighted by atomic mass is 35.5. The third-order valence-corrected chi connectivity index (χ3v) is 6.94. The average molecular weight is 482 g/mol. The Labute approximate surface area is 206 Å². The standard InChI is InChI=1S/C27H32ClN3O3/c1-34-18-8-15-31-26(33)30(20-23-11-6-3-7-12-23)25(32)27(31)13-16-29(17-14-27)21-24(28)19-22-9-4-2-5-10-22/h2-7,9-12,19H,8,13-18,20-21H2,1H3/b24-19-. The Morgan fingerprint density at radius 3 is 2.32 bits per heavy atom. The number of ether oxygens (including phenoxy) is 1. The van der Waals surface area contributed by atoms with Crippen molar-refractivity contribution in [2.45, 2.75) is 31.3 Å². The quantitative estimate of drug-likeness (QED) is 0.388. The topological polar surface area (TPSA) is 53.1 Å². The van der Waals surface area contributed by atoms with Gasteiger partial charge in [0.25, 0.3) is 5.91 Å². The molecule has 0 bridgehead atoms. The number of piperidine rings is 1. The van der Waals surface area contributed by atoms with Crippen molar-refractivity contribution in [3.8, 4) is 0 Å². The number of carbonyl (C=O) groups excluding carboxylic acids is 2. The summed E-state index contributed by atoms with van der Waals surface area (Å²) in [6, 6.07) is 19.5. The van der Waals surface area contributed by atoms with Gasteiger partial charge in [0, 0.05) is 44.9 Å². The van der Waals surface area contributed by atoms with E-state index in [0.29, 0.717) is 58.6 Å². The normalized spacial score (nSPS) is 18.8. The summed E-state index contributed by atoms with van der Waals surface area (Å²) in [6.45, 7) is 3.41. The number of amides is 3. The van der Waals surface area contributed by atoms with E-state index in [2.05, 4.69) is 4.90 Å². The predicted octanol–water partition coefficient (Wildman–Crippen LogP) is 4.60. The Hall–Kier alpha value is -2.67. The van der Waals surface area contributed by atoms with Crippen LogP contribution >= 0.6 is 11.6 Å². The largest absolute Gasteiger partial charge is 0.385 e. The number of likely N-dealkylation sites (tertiary alicyclic amines) is 1. The average Bonchev–Trinajstić information content (AvgIpc) is 3.03. The highest BCUT2D eigenvalue weighted by Gasteiger charge is 2.57. The second-order valence-electron chi connectivity index (χ2n) is 8.97. The van der Waals surface area contributed by atoms with Crippen molar-refractivity contribution in [2.24, 2.45) is 0 Å². The summed E-state index contributed by atoms with van der Waals surface area (Å²) in [6.07, 6.45) is 3.89. The molecule has 2 aliphatic rings. The molecular formula is C27H32ClN3O3. The van der Waals surface area contributed by atoms with Gasteiger partial charge >= 0.3 is 6.03 Å². The molecule has 0 atom stereocenters. The van der Waals surface area contributed by atoms with E-state index in [0.717, 1.165) is 16.2 Å². The van der Waals surface area contributed by atoms with E-state index in [-0.39, 0.29) is 11.9 Å². The van der Waals surface area contributed by atoms with Crippen molar-refractivity contribution in [3.05, 3.63) is 76.8 Å². The molecule has 1 spiro atoms. The maximum Gasteiger partial charge on any atom is 0.327 e. The summed E-state index contributed by atoms with van der Waals surface area (Å²) in [7, 11) is 1.65. The van der Waals surface area contributed by atoms with Crippen LogP contribution < -0.4 is 0 Å². The van der Waals surface area contributed by atoms with Crippen molar-refractivity contribution >= 4 is 29.6 Å². The summed E-state index contributed by atoms with van der Waals surface area (Å²) in [5.74, 6) is -0.0793. The molecule has 6 nitrogen and oxygen atoms in total. The van der Waals surface area contributed by atoms with Gasteiger partial charge in [0.2, 0.25) is 0 Å². The molecule has 0 aliphatic carbocycles. The van der Waals surface area contributed by atoms with Gasteiger partial charge in [-0.3, -0.25) is 14.6 Å². The van der Waals surface area contributed by atoms with Crippen LogP contribution in [0.2, 0.25) is 0 Å². The minimum Gasteiger partial charge on any atom is -0.385 e. The zero-order chi connectivity index (χ0) is 24.0. The third kappa shape index (κ3) is 5.35. The summed E-state index contributed by atoms with van der Waals surface area (Å²) in [4.78, 5) is 32.6. The fourth-order valence-corrected chi connectivity index (χ4v) is 5.21. The van der Waals surface area contributed by atoms with E-state index in [1.165, 1.54) is 4.90 Å². The highest BCUT2D eigenvalue weighted by Crippen LogP contribution is 2.38. The molecule has 0 radical (unpaired) electrons. The molecule has 2 aromatic rings. The lowest BCUT2D eigenvalue weighted by atomic mass is 9.85. The van der Waals surface area contributed by atoms with Crippen molar-refractivity contribution in [1.82, 2.24) is 14.7 Å². The van der Waals surface area contributed by atoms with Crippen LogP contribution in [-0.2, 0) is 16.1 Å². The first-order chi connectivity index (χ1) is 16.5. The molecule has 180 valence electrons. The van der Waals surface area contributed by atoms with Crippen LogP contribution in [0.15, 0.2) is 65.7 Å². The van der Waals surface area contributed by atoms with Crippen LogP contribution in [0.5, 0.6) is 0 Å². The molecule has 0 saturated carbocycles. The summed E-state index contributed by atoms with van der Waals surface area (Å²) in [5, 5.41) is 0.763. The molecule has 0 aromatic heterocycles. The van der Waals surface area contributed by atoms with Gasteiger partial charge in [-0.05, 0) is 36.5 Å². The fourth-order valence-electron chi connectivity index (χ4n) is 4.92. The lowest BCUT2D eigenvalue weighted by Gasteiger charge is -2.42. The van der Waals surface area contributed by atoms with Gasteiger partial charge < -0.3 is 9.64 Å². The predicted molar refractivity (Wildman–Crippen MR) is 134 cm³/mol. The van der Waals surface area contributed by atoms with Gasteiger partial charge in [-0.15, -0.1) is 0 Å². The van der Waals surface area contributed by atoms with E-state index in [1.807, 2.05) is 66.7 Å². The molecule has 34 heavy (non-hydrogen) atoms. The number of carbonyl (C=O) groups is 2. The van der Waals surface area contributed by atoms with Gasteiger partial charge in [-0.1, -0.05) is 72.3 Å². The number of imide groups is 1. The number of methoxy groups -OCH3 is 1. The fraction of sp³-hybridized carbons (Fsp3) is 0.407. The zero-order valence-electron chi connectivity index (χ0n) is 19.7. The minimum atomic E-state index is -0.786. The Kier molecular flexibility index (Phi) is 8.03. The molecule has 2 heterocycles. The molecule has 7 heteroatoms. The van der Waals surface area contributed by atoms with Crippen molar-refractivity contribution in [1.29, 1.82) is 0 Å². The van der Waals surface area contributed by atoms with E-state index < -0.39 is 5.54 Å². The zero-order valence-corrected chi connectivity index (χ0v) is 20.4.